The first-order chi connectivity index (χ1) is 8.20. The van der Waals surface area contributed by atoms with Crippen molar-refractivity contribution in [3.63, 3.8) is 0 Å². The van der Waals surface area contributed by atoms with Crippen molar-refractivity contribution in [1.82, 2.24) is 10.3 Å². The minimum absolute atomic E-state index is 0.118. The van der Waals surface area contributed by atoms with E-state index in [0.29, 0.717) is 23.4 Å². The van der Waals surface area contributed by atoms with Crippen LogP contribution in [0.3, 0.4) is 0 Å². The topological polar surface area (TPSA) is 65.4 Å². The largest absolute Gasteiger partial charge is 0.506 e. The highest BCUT2D eigenvalue weighted by molar-refractivity contribution is 5.40. The van der Waals surface area contributed by atoms with Crippen molar-refractivity contribution in [2.45, 2.75) is 33.4 Å². The quantitative estimate of drug-likeness (QED) is 0.527. The predicted molar refractivity (Wildman–Crippen MR) is 66.3 cm³/mol. The van der Waals surface area contributed by atoms with E-state index >= 15 is 0 Å². The van der Waals surface area contributed by atoms with Crippen LogP contribution in [0.5, 0.6) is 5.75 Å². The Morgan fingerprint density at radius 2 is 2.24 bits per heavy atom. The zero-order valence-electron chi connectivity index (χ0n) is 10.2. The van der Waals surface area contributed by atoms with Gasteiger partial charge in [0.1, 0.15) is 5.75 Å². The van der Waals surface area contributed by atoms with Crippen molar-refractivity contribution in [1.29, 1.82) is 0 Å². The number of aromatic hydroxyl groups is 1. The highest BCUT2D eigenvalue weighted by atomic mass is 16.3. The van der Waals surface area contributed by atoms with Gasteiger partial charge in [0.15, 0.2) is 0 Å². The lowest BCUT2D eigenvalue weighted by Crippen LogP contribution is -2.16. The molecule has 0 aliphatic heterocycles. The SMILES string of the molecule is CC#CCCNCc1c(CO)cnc(C)c1O. The van der Waals surface area contributed by atoms with Crippen LogP contribution in [0.1, 0.15) is 30.2 Å². The number of nitrogens with zero attached hydrogens (tertiary/aromatic N) is 1. The molecule has 0 atom stereocenters. The number of nitrogens with one attached hydrogen (secondary N) is 1. The average Bonchev–Trinajstić information content (AvgIpc) is 2.34. The molecule has 3 N–H and O–H groups in total. The molecule has 0 saturated heterocycles. The van der Waals surface area contributed by atoms with Crippen molar-refractivity contribution >= 4 is 0 Å². The normalized spacial score (nSPS) is 9.82. The van der Waals surface area contributed by atoms with Gasteiger partial charge in [0.25, 0.3) is 0 Å². The minimum atomic E-state index is -0.118. The third-order valence-corrected chi connectivity index (χ3v) is 2.51. The third kappa shape index (κ3) is 3.74. The Labute approximate surface area is 102 Å². The van der Waals surface area contributed by atoms with Crippen LogP contribution in [0.25, 0.3) is 0 Å². The molecule has 4 nitrogen and oxygen atoms in total. The molecule has 0 saturated carbocycles. The first-order valence-electron chi connectivity index (χ1n) is 5.58. The molecule has 1 rings (SSSR count). The lowest BCUT2D eigenvalue weighted by molar-refractivity contribution is 0.278. The molecule has 17 heavy (non-hydrogen) atoms. The van der Waals surface area contributed by atoms with E-state index in [2.05, 4.69) is 22.1 Å². The van der Waals surface area contributed by atoms with Crippen molar-refractivity contribution in [3.05, 3.63) is 23.0 Å². The minimum Gasteiger partial charge on any atom is -0.506 e. The van der Waals surface area contributed by atoms with Gasteiger partial charge in [0, 0.05) is 36.8 Å². The van der Waals surface area contributed by atoms with E-state index in [4.69, 9.17) is 0 Å². The number of hydrogen-bond donors (Lipinski definition) is 3. The molecule has 0 amide bonds. The van der Waals surface area contributed by atoms with E-state index < -0.39 is 0 Å². The van der Waals surface area contributed by atoms with Crippen LogP contribution in [0.2, 0.25) is 0 Å². The molecular formula is C13H18N2O2. The number of rotatable bonds is 5. The van der Waals surface area contributed by atoms with Crippen LogP contribution in [-0.2, 0) is 13.2 Å². The highest BCUT2D eigenvalue weighted by Gasteiger charge is 2.10. The van der Waals surface area contributed by atoms with Crippen LogP contribution < -0.4 is 5.32 Å². The summed E-state index contributed by atoms with van der Waals surface area (Å²) in [5, 5.41) is 22.2. The average molecular weight is 234 g/mol. The van der Waals surface area contributed by atoms with Gasteiger partial charge in [0.2, 0.25) is 0 Å². The molecule has 0 unspecified atom stereocenters. The zero-order chi connectivity index (χ0) is 12.7. The molecule has 1 aromatic heterocycles. The van der Waals surface area contributed by atoms with Crippen molar-refractivity contribution in [2.75, 3.05) is 6.54 Å². The molecule has 0 aliphatic carbocycles. The van der Waals surface area contributed by atoms with Gasteiger partial charge in [-0.05, 0) is 13.8 Å². The van der Waals surface area contributed by atoms with Gasteiger partial charge in [-0.2, -0.15) is 0 Å². The fraction of sp³-hybridized carbons (Fsp3) is 0.462. The molecule has 92 valence electrons. The van der Waals surface area contributed by atoms with Crippen LogP contribution in [-0.4, -0.2) is 21.7 Å². The maximum Gasteiger partial charge on any atom is 0.141 e. The smallest absolute Gasteiger partial charge is 0.141 e. The summed E-state index contributed by atoms with van der Waals surface area (Å²) in [6.07, 6.45) is 2.37. The summed E-state index contributed by atoms with van der Waals surface area (Å²) in [7, 11) is 0. The van der Waals surface area contributed by atoms with E-state index in [1.165, 1.54) is 0 Å². The first-order valence-corrected chi connectivity index (χ1v) is 5.58. The Balaban J connectivity index is 2.67. The lowest BCUT2D eigenvalue weighted by Gasteiger charge is -2.11. The van der Waals surface area contributed by atoms with E-state index in [-0.39, 0.29) is 12.4 Å². The molecule has 1 heterocycles. The van der Waals surface area contributed by atoms with E-state index in [0.717, 1.165) is 13.0 Å². The van der Waals surface area contributed by atoms with Gasteiger partial charge in [-0.1, -0.05) is 0 Å². The van der Waals surface area contributed by atoms with Crippen LogP contribution >= 0.6 is 0 Å². The fourth-order valence-corrected chi connectivity index (χ4v) is 1.51. The van der Waals surface area contributed by atoms with Crippen molar-refractivity contribution in [2.24, 2.45) is 0 Å². The van der Waals surface area contributed by atoms with Gasteiger partial charge in [-0.3, -0.25) is 4.98 Å². The molecule has 0 spiro atoms. The number of aliphatic hydroxyl groups is 1. The third-order valence-electron chi connectivity index (χ3n) is 2.51. The van der Waals surface area contributed by atoms with Gasteiger partial charge >= 0.3 is 0 Å². The fourth-order valence-electron chi connectivity index (χ4n) is 1.51. The number of hydrogen-bond acceptors (Lipinski definition) is 4. The van der Waals surface area contributed by atoms with Gasteiger partial charge in [-0.15, -0.1) is 11.8 Å². The maximum absolute atomic E-state index is 9.87. The Morgan fingerprint density at radius 1 is 1.47 bits per heavy atom. The molecular weight excluding hydrogens is 216 g/mol. The Hall–Kier alpha value is -1.57. The summed E-state index contributed by atoms with van der Waals surface area (Å²) in [5.74, 6) is 5.93. The molecule has 0 fully saturated rings. The summed E-state index contributed by atoms with van der Waals surface area (Å²) < 4.78 is 0. The number of aryl methyl sites for hydroxylation is 1. The lowest BCUT2D eigenvalue weighted by atomic mass is 10.1. The van der Waals surface area contributed by atoms with Gasteiger partial charge < -0.3 is 15.5 Å². The number of aromatic nitrogens is 1. The molecule has 0 aromatic carbocycles. The zero-order valence-corrected chi connectivity index (χ0v) is 10.2. The van der Waals surface area contributed by atoms with E-state index in [1.807, 2.05) is 6.92 Å². The number of pyridine rings is 1. The summed E-state index contributed by atoms with van der Waals surface area (Å²) in [6, 6.07) is 0. The summed E-state index contributed by atoms with van der Waals surface area (Å²) in [4.78, 5) is 4.01. The van der Waals surface area contributed by atoms with Crippen molar-refractivity contribution in [3.8, 4) is 17.6 Å². The Morgan fingerprint density at radius 3 is 2.88 bits per heavy atom. The highest BCUT2D eigenvalue weighted by Crippen LogP contribution is 2.23. The molecule has 1 aromatic rings. The summed E-state index contributed by atoms with van der Waals surface area (Å²) >= 11 is 0. The van der Waals surface area contributed by atoms with E-state index in [1.54, 1.807) is 13.1 Å². The van der Waals surface area contributed by atoms with Crippen LogP contribution in [0, 0.1) is 18.8 Å². The number of aliphatic hydroxyl groups excluding tert-OH is 1. The Bertz CT molecular complexity index is 433. The van der Waals surface area contributed by atoms with E-state index in [9.17, 15) is 10.2 Å². The van der Waals surface area contributed by atoms with Crippen molar-refractivity contribution < 1.29 is 10.2 Å². The molecule has 0 radical (unpaired) electrons. The Kier molecular flexibility index (Phi) is 5.47. The second-order valence-electron chi connectivity index (χ2n) is 3.71. The van der Waals surface area contributed by atoms with Gasteiger partial charge in [0.05, 0.1) is 12.3 Å². The maximum atomic E-state index is 9.87. The standard InChI is InChI=1S/C13H18N2O2/c1-3-4-5-6-14-8-12-11(9-16)7-15-10(2)13(12)17/h7,14,16-17H,5-6,8-9H2,1-2H3. The predicted octanol–water partition coefficient (Wildman–Crippen LogP) is 1.09. The summed E-state index contributed by atoms with van der Waals surface area (Å²) in [5.41, 5.74) is 1.94. The first kappa shape index (κ1) is 13.5. The second-order valence-corrected chi connectivity index (χ2v) is 3.71. The molecule has 4 heteroatoms. The van der Waals surface area contributed by atoms with Crippen LogP contribution in [0.4, 0.5) is 0 Å². The van der Waals surface area contributed by atoms with Crippen LogP contribution in [0.15, 0.2) is 6.20 Å². The molecule has 0 bridgehead atoms. The molecule has 0 aliphatic rings. The van der Waals surface area contributed by atoms with Gasteiger partial charge in [-0.25, -0.2) is 0 Å². The summed E-state index contributed by atoms with van der Waals surface area (Å²) in [6.45, 7) is 4.69. The second kappa shape index (κ2) is 6.89. The monoisotopic (exact) mass is 234 g/mol.